The van der Waals surface area contributed by atoms with Crippen molar-refractivity contribution in [3.8, 4) is 0 Å². The van der Waals surface area contributed by atoms with Crippen LogP contribution < -0.4 is 10.4 Å². The molecule has 1 aliphatic heterocycles. The van der Waals surface area contributed by atoms with Crippen molar-refractivity contribution in [1.82, 2.24) is 0 Å². The number of ether oxygens (including phenoxy) is 1. The topological polar surface area (TPSA) is 78.5 Å². The Bertz CT molecular complexity index is 854. The Kier molecular flexibility index (Phi) is 4.11. The summed E-state index contributed by atoms with van der Waals surface area (Å²) in [5.41, 5.74) is 0.465. The quantitative estimate of drug-likeness (QED) is 0.686. The largest absolute Gasteiger partial charge is 0.544 e. The predicted octanol–water partition coefficient (Wildman–Crippen LogP) is 1.84. The van der Waals surface area contributed by atoms with Gasteiger partial charge in [0.2, 0.25) is 11.7 Å². The minimum absolute atomic E-state index is 0.181. The van der Waals surface area contributed by atoms with Crippen LogP contribution >= 0.6 is 0 Å². The predicted molar refractivity (Wildman–Crippen MR) is 82.6 cm³/mol. The summed E-state index contributed by atoms with van der Waals surface area (Å²) in [6.07, 6.45) is 1.34. The molecule has 24 heavy (non-hydrogen) atoms. The van der Waals surface area contributed by atoms with Gasteiger partial charge in [0.1, 0.15) is 11.4 Å². The van der Waals surface area contributed by atoms with E-state index in [9.17, 15) is 19.1 Å². The molecule has 0 unspecified atom stereocenters. The van der Waals surface area contributed by atoms with Crippen molar-refractivity contribution < 1.29 is 23.8 Å². The molecule has 0 aliphatic carbocycles. The van der Waals surface area contributed by atoms with E-state index in [1.165, 1.54) is 30.3 Å². The number of anilines is 1. The van der Waals surface area contributed by atoms with Crippen molar-refractivity contribution in [3.05, 3.63) is 83.2 Å². The average Bonchev–Trinajstić information content (AvgIpc) is 2.86. The molecular weight excluding hydrogens is 313 g/mol. The summed E-state index contributed by atoms with van der Waals surface area (Å²) >= 11 is 0. The van der Waals surface area contributed by atoms with Gasteiger partial charge in [-0.3, -0.25) is 4.79 Å². The van der Waals surface area contributed by atoms with Gasteiger partial charge >= 0.3 is 0 Å². The Morgan fingerprint density at radius 2 is 1.75 bits per heavy atom. The molecule has 0 saturated carbocycles. The fourth-order valence-corrected chi connectivity index (χ4v) is 2.17. The highest BCUT2D eigenvalue weighted by Crippen LogP contribution is 2.27. The normalized spacial score (nSPS) is 15.5. The summed E-state index contributed by atoms with van der Waals surface area (Å²) in [6.45, 7) is 0. The Morgan fingerprint density at radius 1 is 1.08 bits per heavy atom. The van der Waals surface area contributed by atoms with Gasteiger partial charge in [-0.2, -0.15) is 0 Å². The lowest BCUT2D eigenvalue weighted by molar-refractivity contribution is -0.298. The second-order valence-electron chi connectivity index (χ2n) is 4.97. The number of hydrogen-bond acceptors (Lipinski definition) is 5. The highest BCUT2D eigenvalue weighted by molar-refractivity contribution is 6.25. The van der Waals surface area contributed by atoms with E-state index < -0.39 is 23.1 Å². The Hall–Kier alpha value is -3.41. The highest BCUT2D eigenvalue weighted by Gasteiger charge is 2.31. The molecule has 2 aromatic carbocycles. The molecule has 2 aromatic rings. The minimum atomic E-state index is -1.64. The third-order valence-corrected chi connectivity index (χ3v) is 3.29. The summed E-state index contributed by atoms with van der Waals surface area (Å²) in [5, 5.41) is 14.0. The second-order valence-corrected chi connectivity index (χ2v) is 4.97. The molecule has 1 heterocycles. The van der Waals surface area contributed by atoms with Crippen molar-refractivity contribution in [2.24, 2.45) is 0 Å². The number of carbonyl (C=O) groups is 2. The first kappa shape index (κ1) is 15.5. The van der Waals surface area contributed by atoms with Gasteiger partial charge in [0.05, 0.1) is 5.97 Å². The number of allylic oxidation sites excluding steroid dienone is 1. The minimum Gasteiger partial charge on any atom is -0.544 e. The van der Waals surface area contributed by atoms with Gasteiger partial charge < -0.3 is 20.0 Å². The smallest absolute Gasteiger partial charge is 0.235 e. The number of hydrogen-bond donors (Lipinski definition) is 1. The van der Waals surface area contributed by atoms with Gasteiger partial charge in [-0.15, -0.1) is 0 Å². The van der Waals surface area contributed by atoms with Crippen LogP contribution in [-0.4, -0.2) is 11.8 Å². The van der Waals surface area contributed by atoms with Crippen LogP contribution in [0.1, 0.15) is 5.56 Å². The van der Waals surface area contributed by atoms with E-state index in [-0.39, 0.29) is 11.6 Å². The lowest BCUT2D eigenvalue weighted by Crippen LogP contribution is -2.28. The van der Waals surface area contributed by atoms with Crippen LogP contribution in [0.3, 0.4) is 0 Å². The number of carboxylic acid groups (broad SMARTS) is 1. The molecule has 0 amide bonds. The molecular formula is C18H11FNO4-. The molecule has 6 heteroatoms. The second kappa shape index (κ2) is 6.37. The number of nitrogens with one attached hydrogen (secondary N) is 1. The summed E-state index contributed by atoms with van der Waals surface area (Å²) in [6, 6.07) is 14.0. The van der Waals surface area contributed by atoms with Crippen LogP contribution in [0, 0.1) is 5.82 Å². The fraction of sp³-hybridized carbons (Fsp3) is 0. The maximum absolute atomic E-state index is 12.9. The number of para-hydroxylation sites is 1. The van der Waals surface area contributed by atoms with Gasteiger partial charge in [0.15, 0.2) is 5.76 Å². The van der Waals surface area contributed by atoms with E-state index in [4.69, 9.17) is 4.74 Å². The van der Waals surface area contributed by atoms with Crippen molar-refractivity contribution in [1.29, 1.82) is 0 Å². The fourth-order valence-electron chi connectivity index (χ4n) is 2.17. The first-order valence-electron chi connectivity index (χ1n) is 7.02. The Labute approximate surface area is 136 Å². The van der Waals surface area contributed by atoms with Crippen LogP contribution in [0.15, 0.2) is 71.8 Å². The van der Waals surface area contributed by atoms with Gasteiger partial charge in [-0.25, -0.2) is 4.39 Å². The number of aliphatic carboxylic acids is 1. The molecule has 0 atom stereocenters. The molecule has 120 valence electrons. The maximum Gasteiger partial charge on any atom is 0.235 e. The number of halogens is 1. The van der Waals surface area contributed by atoms with E-state index in [2.05, 4.69) is 5.32 Å². The van der Waals surface area contributed by atoms with Gasteiger partial charge in [-0.1, -0.05) is 30.3 Å². The Morgan fingerprint density at radius 3 is 2.38 bits per heavy atom. The molecule has 0 spiro atoms. The number of Topliss-reactive ketones (excluding diaryl/α,β-unsaturated/α-hetero) is 1. The van der Waals surface area contributed by atoms with E-state index >= 15 is 0 Å². The van der Waals surface area contributed by atoms with Crippen molar-refractivity contribution in [2.45, 2.75) is 0 Å². The lowest BCUT2D eigenvalue weighted by atomic mass is 10.1. The number of carbonyl (C=O) groups excluding carboxylic acids is 2. The summed E-state index contributed by atoms with van der Waals surface area (Å²) in [4.78, 5) is 23.5. The number of rotatable bonds is 4. The van der Waals surface area contributed by atoms with Crippen LogP contribution in [0.4, 0.5) is 10.1 Å². The van der Waals surface area contributed by atoms with E-state index in [1.54, 1.807) is 30.3 Å². The molecule has 3 rings (SSSR count). The molecule has 1 aliphatic rings. The van der Waals surface area contributed by atoms with Gasteiger partial charge in [0.25, 0.3) is 0 Å². The van der Waals surface area contributed by atoms with E-state index in [1.807, 2.05) is 0 Å². The van der Waals surface area contributed by atoms with Crippen molar-refractivity contribution in [3.63, 3.8) is 0 Å². The number of carboxylic acids is 1. The lowest BCUT2D eigenvalue weighted by Gasteiger charge is -2.08. The molecule has 0 saturated heterocycles. The monoisotopic (exact) mass is 324 g/mol. The van der Waals surface area contributed by atoms with E-state index in [0.29, 0.717) is 11.3 Å². The summed E-state index contributed by atoms with van der Waals surface area (Å²) in [7, 11) is 0. The van der Waals surface area contributed by atoms with Crippen LogP contribution in [0.5, 0.6) is 0 Å². The molecule has 5 nitrogen and oxygen atoms in total. The van der Waals surface area contributed by atoms with Crippen LogP contribution in [-0.2, 0) is 14.3 Å². The molecule has 0 fully saturated rings. The zero-order valence-corrected chi connectivity index (χ0v) is 12.3. The maximum atomic E-state index is 12.9. The summed E-state index contributed by atoms with van der Waals surface area (Å²) in [5.74, 6) is -3.26. The first-order chi connectivity index (χ1) is 11.5. The first-order valence-corrected chi connectivity index (χ1v) is 7.02. The highest BCUT2D eigenvalue weighted by atomic mass is 19.1. The molecule has 1 N–H and O–H groups in total. The molecule has 0 radical (unpaired) electrons. The van der Waals surface area contributed by atoms with Crippen molar-refractivity contribution in [2.75, 3.05) is 5.32 Å². The standard InChI is InChI=1S/C18H12FNO4/c19-12-8-6-11(7-9-12)10-14-16(21)15(18(22)23)17(24-14)20-13-4-2-1-3-5-13/h1-10,20H,(H,22,23)/p-1/b14-10-. The zero-order chi connectivity index (χ0) is 17.1. The third-order valence-electron chi connectivity index (χ3n) is 3.29. The Balaban J connectivity index is 1.91. The summed E-state index contributed by atoms with van der Waals surface area (Å²) < 4.78 is 18.3. The van der Waals surface area contributed by atoms with Gasteiger partial charge in [-0.05, 0) is 35.9 Å². The zero-order valence-electron chi connectivity index (χ0n) is 12.3. The number of ketones is 1. The molecule has 0 bridgehead atoms. The van der Waals surface area contributed by atoms with Crippen molar-refractivity contribution >= 4 is 23.5 Å². The average molecular weight is 324 g/mol. The molecule has 0 aromatic heterocycles. The SMILES string of the molecule is O=C([O-])C1=C(Nc2ccccc2)O/C(=C\c2ccc(F)cc2)C1=O. The number of benzene rings is 2. The van der Waals surface area contributed by atoms with E-state index in [0.717, 1.165) is 0 Å². The van der Waals surface area contributed by atoms with Crippen LogP contribution in [0.25, 0.3) is 6.08 Å². The third kappa shape index (κ3) is 3.17. The van der Waals surface area contributed by atoms with Crippen LogP contribution in [0.2, 0.25) is 0 Å². The van der Waals surface area contributed by atoms with Gasteiger partial charge in [0, 0.05) is 5.69 Å².